The molecule has 1 heteroatoms. The van der Waals surface area contributed by atoms with Gasteiger partial charge in [0.2, 0.25) is 0 Å². The molecular weight excluding hydrogens is 194 g/mol. The molecular formula is C15H23N. The Hall–Kier alpha value is -1.08. The molecule has 88 valence electrons. The smallest absolute Gasteiger partial charge is 0.0110 e. The number of hydrogen-bond acceptors (Lipinski definition) is 1. The molecule has 1 rings (SSSR count). The van der Waals surface area contributed by atoms with Gasteiger partial charge in [0.1, 0.15) is 0 Å². The predicted molar refractivity (Wildman–Crippen MR) is 71.7 cm³/mol. The van der Waals surface area contributed by atoms with Gasteiger partial charge in [-0.1, -0.05) is 42.8 Å². The van der Waals surface area contributed by atoms with E-state index in [1.165, 1.54) is 17.6 Å². The van der Waals surface area contributed by atoms with Crippen LogP contribution in [-0.2, 0) is 6.42 Å². The molecule has 1 atom stereocenters. The van der Waals surface area contributed by atoms with Crippen molar-refractivity contribution in [2.24, 2.45) is 0 Å². The molecule has 0 fully saturated rings. The Bertz CT molecular complexity index is 302. The molecule has 0 saturated carbocycles. The summed E-state index contributed by atoms with van der Waals surface area (Å²) in [6, 6.07) is 11.3. The van der Waals surface area contributed by atoms with Gasteiger partial charge in [0.05, 0.1) is 0 Å². The number of allylic oxidation sites excluding steroid dienone is 1. The largest absolute Gasteiger partial charge is 0.314 e. The fraction of sp³-hybridized carbons (Fsp3) is 0.467. The zero-order chi connectivity index (χ0) is 11.8. The van der Waals surface area contributed by atoms with Crippen molar-refractivity contribution in [3.05, 3.63) is 48.0 Å². The molecule has 0 aliphatic carbocycles. The maximum absolute atomic E-state index is 3.97. The van der Waals surface area contributed by atoms with Crippen molar-refractivity contribution in [2.45, 2.75) is 39.2 Å². The second-order valence-corrected chi connectivity index (χ2v) is 4.44. The summed E-state index contributed by atoms with van der Waals surface area (Å²) < 4.78 is 0. The first-order valence-corrected chi connectivity index (χ1v) is 6.14. The van der Waals surface area contributed by atoms with Gasteiger partial charge in [-0.15, -0.1) is 6.58 Å². The second kappa shape index (κ2) is 7.24. The number of benzene rings is 1. The van der Waals surface area contributed by atoms with Crippen LogP contribution in [0.1, 0.15) is 32.3 Å². The summed E-state index contributed by atoms with van der Waals surface area (Å²) >= 11 is 0. The summed E-state index contributed by atoms with van der Waals surface area (Å²) in [4.78, 5) is 0. The lowest BCUT2D eigenvalue weighted by atomic mass is 10.00. The summed E-state index contributed by atoms with van der Waals surface area (Å²) in [5.41, 5.74) is 2.69. The average molecular weight is 217 g/mol. The predicted octanol–water partition coefficient (Wildman–Crippen LogP) is 3.56. The lowest BCUT2D eigenvalue weighted by molar-refractivity contribution is 0.490. The molecule has 1 aromatic carbocycles. The van der Waals surface area contributed by atoms with E-state index in [4.69, 9.17) is 0 Å². The topological polar surface area (TPSA) is 12.0 Å². The maximum atomic E-state index is 3.97. The Morgan fingerprint density at radius 1 is 1.31 bits per heavy atom. The third-order valence-electron chi connectivity index (χ3n) is 2.74. The molecule has 0 aliphatic rings. The van der Waals surface area contributed by atoms with Crippen molar-refractivity contribution < 1.29 is 0 Å². The molecule has 0 spiro atoms. The monoisotopic (exact) mass is 217 g/mol. The minimum atomic E-state index is 0.573. The van der Waals surface area contributed by atoms with Crippen LogP contribution in [0.3, 0.4) is 0 Å². The molecule has 0 heterocycles. The number of nitrogens with one attached hydrogen (secondary N) is 1. The molecule has 1 N–H and O–H groups in total. The van der Waals surface area contributed by atoms with E-state index in [1.54, 1.807) is 0 Å². The van der Waals surface area contributed by atoms with Crippen molar-refractivity contribution >= 4 is 0 Å². The van der Waals surface area contributed by atoms with Gasteiger partial charge in [0, 0.05) is 6.04 Å². The third kappa shape index (κ3) is 5.13. The Kier molecular flexibility index (Phi) is 5.87. The highest BCUT2D eigenvalue weighted by atomic mass is 14.9. The van der Waals surface area contributed by atoms with E-state index in [-0.39, 0.29) is 0 Å². The van der Waals surface area contributed by atoms with Crippen LogP contribution in [0.5, 0.6) is 0 Å². The van der Waals surface area contributed by atoms with Gasteiger partial charge in [0.25, 0.3) is 0 Å². The highest BCUT2D eigenvalue weighted by Gasteiger charge is 2.07. The van der Waals surface area contributed by atoms with E-state index in [2.05, 4.69) is 56.1 Å². The summed E-state index contributed by atoms with van der Waals surface area (Å²) in [6.07, 6.45) is 3.41. The van der Waals surface area contributed by atoms with E-state index in [1.807, 2.05) is 0 Å². The highest BCUT2D eigenvalue weighted by Crippen LogP contribution is 2.10. The van der Waals surface area contributed by atoms with Crippen molar-refractivity contribution in [2.75, 3.05) is 6.54 Å². The molecule has 1 aromatic rings. The minimum absolute atomic E-state index is 0.573. The van der Waals surface area contributed by atoms with Gasteiger partial charge >= 0.3 is 0 Å². The zero-order valence-electron chi connectivity index (χ0n) is 10.5. The van der Waals surface area contributed by atoms with Crippen molar-refractivity contribution in [3.8, 4) is 0 Å². The lowest BCUT2D eigenvalue weighted by Gasteiger charge is -2.18. The normalized spacial score (nSPS) is 12.4. The Balaban J connectivity index is 2.47. The van der Waals surface area contributed by atoms with Gasteiger partial charge in [-0.05, 0) is 38.3 Å². The van der Waals surface area contributed by atoms with Crippen LogP contribution in [-0.4, -0.2) is 12.6 Å². The molecule has 1 nitrogen and oxygen atoms in total. The van der Waals surface area contributed by atoms with Crippen LogP contribution in [0.25, 0.3) is 0 Å². The lowest BCUT2D eigenvalue weighted by Crippen LogP contribution is -2.30. The van der Waals surface area contributed by atoms with Crippen LogP contribution in [0.2, 0.25) is 0 Å². The first-order valence-electron chi connectivity index (χ1n) is 6.14. The molecule has 1 unspecified atom stereocenters. The standard InChI is InChI=1S/C15H23N/c1-4-16-15(11-10-13(2)3)12-14-8-6-5-7-9-14/h5-9,15-16H,2,4,10-12H2,1,3H3. The third-order valence-corrected chi connectivity index (χ3v) is 2.74. The number of rotatable bonds is 7. The highest BCUT2D eigenvalue weighted by molar-refractivity contribution is 5.16. The second-order valence-electron chi connectivity index (χ2n) is 4.44. The Morgan fingerprint density at radius 2 is 2.00 bits per heavy atom. The summed E-state index contributed by atoms with van der Waals surface area (Å²) in [5.74, 6) is 0. The van der Waals surface area contributed by atoms with E-state index < -0.39 is 0 Å². The molecule has 0 amide bonds. The van der Waals surface area contributed by atoms with Gasteiger partial charge in [0.15, 0.2) is 0 Å². The van der Waals surface area contributed by atoms with Crippen molar-refractivity contribution in [3.63, 3.8) is 0 Å². The molecule has 0 aromatic heterocycles. The van der Waals surface area contributed by atoms with E-state index in [9.17, 15) is 0 Å². The molecule has 0 aliphatic heterocycles. The molecule has 0 saturated heterocycles. The van der Waals surface area contributed by atoms with Gasteiger partial charge in [-0.3, -0.25) is 0 Å². The minimum Gasteiger partial charge on any atom is -0.314 e. The van der Waals surface area contributed by atoms with Crippen molar-refractivity contribution in [1.82, 2.24) is 5.32 Å². The quantitative estimate of drug-likeness (QED) is 0.689. The molecule has 0 bridgehead atoms. The number of likely N-dealkylation sites (N-methyl/N-ethyl adjacent to an activating group) is 1. The summed E-state index contributed by atoms with van der Waals surface area (Å²) in [5, 5.41) is 3.55. The van der Waals surface area contributed by atoms with Crippen LogP contribution >= 0.6 is 0 Å². The van der Waals surface area contributed by atoms with Gasteiger partial charge in [-0.25, -0.2) is 0 Å². The molecule has 0 radical (unpaired) electrons. The van der Waals surface area contributed by atoms with Crippen LogP contribution < -0.4 is 5.32 Å². The van der Waals surface area contributed by atoms with Crippen LogP contribution in [0.15, 0.2) is 42.5 Å². The van der Waals surface area contributed by atoms with E-state index >= 15 is 0 Å². The fourth-order valence-corrected chi connectivity index (χ4v) is 1.88. The van der Waals surface area contributed by atoms with E-state index in [0.717, 1.165) is 19.4 Å². The maximum Gasteiger partial charge on any atom is 0.0110 e. The van der Waals surface area contributed by atoms with Gasteiger partial charge in [-0.2, -0.15) is 0 Å². The Labute approximate surface area is 99.6 Å². The summed E-state index contributed by atoms with van der Waals surface area (Å²) in [6.45, 7) is 9.27. The number of hydrogen-bond donors (Lipinski definition) is 1. The SMILES string of the molecule is C=C(C)CCC(Cc1ccccc1)NCC. The summed E-state index contributed by atoms with van der Waals surface area (Å²) in [7, 11) is 0. The van der Waals surface area contributed by atoms with Crippen molar-refractivity contribution in [1.29, 1.82) is 0 Å². The molecule has 16 heavy (non-hydrogen) atoms. The van der Waals surface area contributed by atoms with E-state index in [0.29, 0.717) is 6.04 Å². The Morgan fingerprint density at radius 3 is 2.56 bits per heavy atom. The average Bonchev–Trinajstić information content (AvgIpc) is 2.27. The first kappa shape index (κ1) is 13.0. The fourth-order valence-electron chi connectivity index (χ4n) is 1.88. The van der Waals surface area contributed by atoms with Crippen LogP contribution in [0.4, 0.5) is 0 Å². The first-order chi connectivity index (χ1) is 7.72. The zero-order valence-corrected chi connectivity index (χ0v) is 10.5. The van der Waals surface area contributed by atoms with Crippen LogP contribution in [0, 0.1) is 0 Å². The van der Waals surface area contributed by atoms with Gasteiger partial charge < -0.3 is 5.32 Å².